The van der Waals surface area contributed by atoms with Gasteiger partial charge in [-0.1, -0.05) is 30.3 Å². The topological polar surface area (TPSA) is 54.4 Å². The summed E-state index contributed by atoms with van der Waals surface area (Å²) in [5, 5.41) is 11.7. The van der Waals surface area contributed by atoms with Crippen molar-refractivity contribution in [2.75, 3.05) is 18.5 Å². The maximum absolute atomic E-state index is 8.68. The van der Waals surface area contributed by atoms with Gasteiger partial charge in [0.2, 0.25) is 0 Å². The van der Waals surface area contributed by atoms with Gasteiger partial charge in [0.25, 0.3) is 0 Å². The number of pyridine rings is 1. The van der Waals surface area contributed by atoms with E-state index >= 15 is 0 Å². The number of ether oxygens (including phenoxy) is 1. The minimum absolute atomic E-state index is 0.0912. The fourth-order valence-corrected chi connectivity index (χ4v) is 1.50. The second kappa shape index (κ2) is 6.61. The van der Waals surface area contributed by atoms with Gasteiger partial charge in [0.1, 0.15) is 18.2 Å². The fraction of sp³-hybridized carbons (Fsp3) is 0.214. The highest BCUT2D eigenvalue weighted by molar-refractivity contribution is 5.37. The van der Waals surface area contributed by atoms with Crippen LogP contribution in [0.4, 0.5) is 5.82 Å². The van der Waals surface area contributed by atoms with Crippen molar-refractivity contribution in [3.05, 3.63) is 54.2 Å². The van der Waals surface area contributed by atoms with Crippen LogP contribution in [0, 0.1) is 0 Å². The monoisotopic (exact) mass is 244 g/mol. The van der Waals surface area contributed by atoms with E-state index in [-0.39, 0.29) is 6.61 Å². The standard InChI is InChI=1S/C14H16N2O2/c17-9-8-15-14-7-6-13(10-16-14)18-11-12-4-2-1-3-5-12/h1-7,10,17H,8-9,11H2,(H,15,16). The van der Waals surface area contributed by atoms with Crippen LogP contribution < -0.4 is 10.1 Å². The Bertz CT molecular complexity index is 457. The Morgan fingerprint density at radius 2 is 1.94 bits per heavy atom. The van der Waals surface area contributed by atoms with Crippen LogP contribution in [0.3, 0.4) is 0 Å². The van der Waals surface area contributed by atoms with Gasteiger partial charge < -0.3 is 15.2 Å². The molecule has 18 heavy (non-hydrogen) atoms. The average Bonchev–Trinajstić information content (AvgIpc) is 2.45. The van der Waals surface area contributed by atoms with Crippen LogP contribution in [0.1, 0.15) is 5.56 Å². The average molecular weight is 244 g/mol. The number of rotatable bonds is 6. The number of anilines is 1. The van der Waals surface area contributed by atoms with Crippen LogP contribution in [0.2, 0.25) is 0 Å². The van der Waals surface area contributed by atoms with Crippen molar-refractivity contribution in [2.24, 2.45) is 0 Å². The highest BCUT2D eigenvalue weighted by atomic mass is 16.5. The molecule has 0 radical (unpaired) electrons. The Labute approximate surface area is 106 Å². The third-order valence-corrected chi connectivity index (χ3v) is 2.40. The molecule has 0 amide bonds. The van der Waals surface area contributed by atoms with Crippen LogP contribution in [0.5, 0.6) is 5.75 Å². The Morgan fingerprint density at radius 1 is 1.11 bits per heavy atom. The molecule has 0 spiro atoms. The van der Waals surface area contributed by atoms with E-state index < -0.39 is 0 Å². The molecule has 0 aliphatic heterocycles. The van der Waals surface area contributed by atoms with E-state index in [2.05, 4.69) is 10.3 Å². The van der Waals surface area contributed by atoms with Crippen LogP contribution >= 0.6 is 0 Å². The summed E-state index contributed by atoms with van der Waals surface area (Å²) < 4.78 is 5.61. The fourth-order valence-electron chi connectivity index (χ4n) is 1.50. The van der Waals surface area contributed by atoms with Gasteiger partial charge in [-0.15, -0.1) is 0 Å². The number of nitrogens with one attached hydrogen (secondary N) is 1. The summed E-state index contributed by atoms with van der Waals surface area (Å²) in [5.74, 6) is 1.46. The number of hydrogen-bond donors (Lipinski definition) is 2. The van der Waals surface area contributed by atoms with Crippen LogP contribution in [0.25, 0.3) is 0 Å². The summed E-state index contributed by atoms with van der Waals surface area (Å²) in [6.45, 7) is 1.12. The second-order valence-electron chi connectivity index (χ2n) is 3.80. The molecule has 0 aliphatic carbocycles. The summed E-state index contributed by atoms with van der Waals surface area (Å²) in [7, 11) is 0. The molecule has 1 aromatic carbocycles. The molecule has 0 fully saturated rings. The second-order valence-corrected chi connectivity index (χ2v) is 3.80. The van der Waals surface area contributed by atoms with Crippen molar-refractivity contribution in [3.8, 4) is 5.75 Å². The third-order valence-electron chi connectivity index (χ3n) is 2.40. The molecule has 4 nitrogen and oxygen atoms in total. The number of nitrogens with zero attached hydrogens (tertiary/aromatic N) is 1. The van der Waals surface area contributed by atoms with E-state index in [9.17, 15) is 0 Å². The lowest BCUT2D eigenvalue weighted by molar-refractivity contribution is 0.305. The van der Waals surface area contributed by atoms with Crippen molar-refractivity contribution in [2.45, 2.75) is 6.61 Å². The quantitative estimate of drug-likeness (QED) is 0.816. The molecule has 1 aromatic heterocycles. The summed E-state index contributed by atoms with van der Waals surface area (Å²) in [6, 6.07) is 13.7. The molecule has 2 rings (SSSR count). The van der Waals surface area contributed by atoms with Crippen molar-refractivity contribution in [3.63, 3.8) is 0 Å². The lowest BCUT2D eigenvalue weighted by Gasteiger charge is -2.07. The minimum Gasteiger partial charge on any atom is -0.487 e. The first kappa shape index (κ1) is 12.4. The normalized spacial score (nSPS) is 10.1. The molecule has 0 saturated heterocycles. The number of aliphatic hydroxyl groups is 1. The molecular formula is C14H16N2O2. The van der Waals surface area contributed by atoms with E-state index in [0.717, 1.165) is 17.1 Å². The summed E-state index contributed by atoms with van der Waals surface area (Å²) in [4.78, 5) is 4.18. The molecule has 0 atom stereocenters. The molecule has 2 N–H and O–H groups in total. The van der Waals surface area contributed by atoms with Crippen LogP contribution in [0.15, 0.2) is 48.7 Å². The van der Waals surface area contributed by atoms with Gasteiger partial charge in [-0.05, 0) is 17.7 Å². The Balaban J connectivity index is 1.86. The Kier molecular flexibility index (Phi) is 4.55. The lowest BCUT2D eigenvalue weighted by Crippen LogP contribution is -2.06. The highest BCUT2D eigenvalue weighted by Crippen LogP contribution is 2.13. The number of hydrogen-bond acceptors (Lipinski definition) is 4. The van der Waals surface area contributed by atoms with E-state index in [1.54, 1.807) is 6.20 Å². The summed E-state index contributed by atoms with van der Waals surface area (Å²) in [5.41, 5.74) is 1.12. The van der Waals surface area contributed by atoms with Crippen LogP contribution in [-0.2, 0) is 6.61 Å². The highest BCUT2D eigenvalue weighted by Gasteiger charge is 1.97. The van der Waals surface area contributed by atoms with Gasteiger partial charge in [0, 0.05) is 6.54 Å². The summed E-state index contributed by atoms with van der Waals surface area (Å²) in [6.07, 6.45) is 1.67. The zero-order valence-corrected chi connectivity index (χ0v) is 10.0. The van der Waals surface area contributed by atoms with Gasteiger partial charge in [0.15, 0.2) is 0 Å². The molecule has 4 heteroatoms. The molecular weight excluding hydrogens is 228 g/mol. The smallest absolute Gasteiger partial charge is 0.138 e. The molecule has 0 saturated carbocycles. The van der Waals surface area contributed by atoms with E-state index in [4.69, 9.17) is 9.84 Å². The first-order chi connectivity index (χ1) is 8.88. The van der Waals surface area contributed by atoms with Gasteiger partial charge >= 0.3 is 0 Å². The zero-order chi connectivity index (χ0) is 12.6. The lowest BCUT2D eigenvalue weighted by atomic mass is 10.2. The molecule has 94 valence electrons. The predicted molar refractivity (Wildman–Crippen MR) is 70.6 cm³/mol. The molecule has 0 unspecified atom stereocenters. The largest absolute Gasteiger partial charge is 0.487 e. The van der Waals surface area contributed by atoms with Gasteiger partial charge in [-0.3, -0.25) is 0 Å². The van der Waals surface area contributed by atoms with Crippen molar-refractivity contribution in [1.82, 2.24) is 4.98 Å². The van der Waals surface area contributed by atoms with Gasteiger partial charge in [-0.2, -0.15) is 0 Å². The zero-order valence-electron chi connectivity index (χ0n) is 10.0. The van der Waals surface area contributed by atoms with Gasteiger partial charge in [0.05, 0.1) is 12.8 Å². The minimum atomic E-state index is 0.0912. The number of aliphatic hydroxyl groups excluding tert-OH is 1. The first-order valence-electron chi connectivity index (χ1n) is 5.86. The molecule has 0 bridgehead atoms. The number of aromatic nitrogens is 1. The van der Waals surface area contributed by atoms with Crippen molar-refractivity contribution < 1.29 is 9.84 Å². The maximum atomic E-state index is 8.68. The Morgan fingerprint density at radius 3 is 2.61 bits per heavy atom. The van der Waals surface area contributed by atoms with Crippen molar-refractivity contribution >= 4 is 5.82 Å². The summed E-state index contributed by atoms with van der Waals surface area (Å²) >= 11 is 0. The SMILES string of the molecule is OCCNc1ccc(OCc2ccccc2)cn1. The number of benzene rings is 1. The predicted octanol–water partition coefficient (Wildman–Crippen LogP) is 2.06. The molecule has 0 aliphatic rings. The maximum Gasteiger partial charge on any atom is 0.138 e. The molecule has 1 heterocycles. The van der Waals surface area contributed by atoms with E-state index in [1.165, 1.54) is 0 Å². The van der Waals surface area contributed by atoms with E-state index in [1.807, 2.05) is 42.5 Å². The van der Waals surface area contributed by atoms with Gasteiger partial charge in [-0.25, -0.2) is 4.98 Å². The third kappa shape index (κ3) is 3.75. The van der Waals surface area contributed by atoms with Crippen molar-refractivity contribution in [1.29, 1.82) is 0 Å². The first-order valence-corrected chi connectivity index (χ1v) is 5.86. The van der Waals surface area contributed by atoms with E-state index in [0.29, 0.717) is 13.2 Å². The van der Waals surface area contributed by atoms with Crippen LogP contribution in [-0.4, -0.2) is 23.2 Å². The molecule has 2 aromatic rings. The Hall–Kier alpha value is -2.07.